The van der Waals surface area contributed by atoms with Crippen LogP contribution in [0.4, 0.5) is 5.82 Å². The van der Waals surface area contributed by atoms with E-state index in [4.69, 9.17) is 11.5 Å². The maximum Gasteiger partial charge on any atom is 0.243 e. The van der Waals surface area contributed by atoms with Crippen molar-refractivity contribution in [3.05, 3.63) is 23.9 Å². The topological polar surface area (TPSA) is 97.6 Å². The van der Waals surface area contributed by atoms with Crippen LogP contribution in [0.25, 0.3) is 0 Å². The Bertz CT molecular complexity index is 583. The second kappa shape index (κ2) is 6.66. The zero-order valence-electron chi connectivity index (χ0n) is 12.4. The van der Waals surface area contributed by atoms with Crippen molar-refractivity contribution in [2.75, 3.05) is 23.7 Å². The molecular weight excluding hydrogens is 298 g/mol. The summed E-state index contributed by atoms with van der Waals surface area (Å²) in [6, 6.07) is 3.68. The third kappa shape index (κ3) is 3.25. The average molecular weight is 319 g/mol. The molecule has 1 amide bonds. The molecule has 1 atom stereocenters. The van der Waals surface area contributed by atoms with Gasteiger partial charge in [-0.25, -0.2) is 4.98 Å². The van der Waals surface area contributed by atoms with Crippen LogP contribution in [0.2, 0.25) is 0 Å². The first kappa shape index (κ1) is 15.3. The van der Waals surface area contributed by atoms with Crippen molar-refractivity contribution < 1.29 is 4.79 Å². The Morgan fingerprint density at radius 1 is 1.41 bits per heavy atom. The molecule has 0 aromatic carbocycles. The molecule has 1 fully saturated rings. The summed E-state index contributed by atoms with van der Waals surface area (Å²) in [6.45, 7) is 2.44. The van der Waals surface area contributed by atoms with Gasteiger partial charge in [0.2, 0.25) is 5.91 Å². The Hall–Kier alpha value is -1.60. The van der Waals surface area contributed by atoms with E-state index in [-0.39, 0.29) is 11.9 Å². The van der Waals surface area contributed by atoms with Gasteiger partial charge in [-0.2, -0.15) is 0 Å². The van der Waals surface area contributed by atoms with Gasteiger partial charge in [-0.3, -0.25) is 9.79 Å². The fraction of sp³-hybridized carbons (Fsp3) is 0.533. The van der Waals surface area contributed by atoms with Crippen molar-refractivity contribution >= 4 is 28.5 Å². The first-order chi connectivity index (χ1) is 10.7. The summed E-state index contributed by atoms with van der Waals surface area (Å²) in [5.41, 5.74) is 12.1. The summed E-state index contributed by atoms with van der Waals surface area (Å²) in [5, 5.41) is 1.10. The zero-order valence-corrected chi connectivity index (χ0v) is 13.3. The highest BCUT2D eigenvalue weighted by atomic mass is 32.2. The summed E-state index contributed by atoms with van der Waals surface area (Å²) >= 11 is 1.69. The molecular formula is C15H21N5OS. The van der Waals surface area contributed by atoms with Crippen LogP contribution in [-0.4, -0.2) is 40.8 Å². The van der Waals surface area contributed by atoms with Crippen LogP contribution in [0.15, 0.2) is 23.3 Å². The molecule has 1 saturated heterocycles. The van der Waals surface area contributed by atoms with Gasteiger partial charge in [0.25, 0.3) is 0 Å². The lowest BCUT2D eigenvalue weighted by Crippen LogP contribution is -2.36. The molecule has 1 aromatic rings. The number of carbonyl (C=O) groups is 1. The summed E-state index contributed by atoms with van der Waals surface area (Å²) in [6.07, 6.45) is 3.88. The molecule has 2 aliphatic heterocycles. The monoisotopic (exact) mass is 319 g/mol. The van der Waals surface area contributed by atoms with Gasteiger partial charge >= 0.3 is 0 Å². The summed E-state index contributed by atoms with van der Waals surface area (Å²) in [5.74, 6) is 1.83. The molecule has 0 saturated carbocycles. The van der Waals surface area contributed by atoms with E-state index in [1.165, 1.54) is 0 Å². The molecule has 3 heterocycles. The maximum absolute atomic E-state index is 11.2. The lowest BCUT2D eigenvalue weighted by Gasteiger charge is -2.32. The van der Waals surface area contributed by atoms with Crippen LogP contribution >= 0.6 is 11.8 Å². The molecule has 7 heteroatoms. The number of anilines is 1. The Morgan fingerprint density at radius 2 is 2.18 bits per heavy atom. The van der Waals surface area contributed by atoms with Gasteiger partial charge in [-0.15, -0.1) is 11.8 Å². The number of pyridine rings is 1. The second-order valence-electron chi connectivity index (χ2n) is 5.68. The number of aliphatic imine (C=N–C) groups is 1. The molecule has 1 aromatic heterocycles. The normalized spacial score (nSPS) is 22.7. The molecule has 0 radical (unpaired) electrons. The van der Waals surface area contributed by atoms with Crippen molar-refractivity contribution in [2.24, 2.45) is 22.4 Å². The lowest BCUT2D eigenvalue weighted by atomic mass is 9.97. The maximum atomic E-state index is 11.2. The number of hydrogen-bond acceptors (Lipinski definition) is 6. The van der Waals surface area contributed by atoms with Crippen LogP contribution in [0.1, 0.15) is 18.4 Å². The van der Waals surface area contributed by atoms with Crippen LogP contribution in [0, 0.1) is 5.92 Å². The predicted molar refractivity (Wildman–Crippen MR) is 89.9 cm³/mol. The number of nitrogens with two attached hydrogens (primary N) is 2. The Kier molecular flexibility index (Phi) is 4.63. The zero-order chi connectivity index (χ0) is 15.5. The second-order valence-corrected chi connectivity index (χ2v) is 6.72. The van der Waals surface area contributed by atoms with E-state index in [2.05, 4.69) is 20.9 Å². The number of nitrogens with zero attached hydrogens (tertiary/aromatic N) is 3. The summed E-state index contributed by atoms with van der Waals surface area (Å²) in [4.78, 5) is 22.4. The number of hydrogen-bond donors (Lipinski definition) is 2. The molecule has 0 aliphatic carbocycles. The number of primary amides is 1. The minimum atomic E-state index is -0.332. The molecule has 2 aliphatic rings. The van der Waals surface area contributed by atoms with Gasteiger partial charge in [0.05, 0.1) is 5.04 Å². The van der Waals surface area contributed by atoms with E-state index < -0.39 is 0 Å². The molecule has 1 unspecified atom stereocenters. The van der Waals surface area contributed by atoms with E-state index >= 15 is 0 Å². The van der Waals surface area contributed by atoms with Crippen molar-refractivity contribution in [3.8, 4) is 0 Å². The van der Waals surface area contributed by atoms with E-state index in [1.54, 1.807) is 11.8 Å². The molecule has 4 N–H and O–H groups in total. The van der Waals surface area contributed by atoms with Gasteiger partial charge in [0, 0.05) is 37.5 Å². The van der Waals surface area contributed by atoms with Crippen LogP contribution in [0.5, 0.6) is 0 Å². The van der Waals surface area contributed by atoms with E-state index in [0.29, 0.717) is 18.2 Å². The van der Waals surface area contributed by atoms with E-state index in [1.807, 2.05) is 12.3 Å². The number of thioether (sulfide) groups is 1. The predicted octanol–water partition coefficient (Wildman–Crippen LogP) is 0.756. The number of rotatable bonds is 4. The van der Waals surface area contributed by atoms with Crippen LogP contribution in [-0.2, 0) is 11.3 Å². The highest BCUT2D eigenvalue weighted by molar-refractivity contribution is 8.14. The minimum absolute atomic E-state index is 0.317. The highest BCUT2D eigenvalue weighted by Gasteiger charge is 2.30. The smallest absolute Gasteiger partial charge is 0.243 e. The Morgan fingerprint density at radius 3 is 2.82 bits per heavy atom. The quantitative estimate of drug-likeness (QED) is 0.853. The summed E-state index contributed by atoms with van der Waals surface area (Å²) in [7, 11) is 0. The van der Waals surface area contributed by atoms with Gasteiger partial charge in [0.1, 0.15) is 11.9 Å². The van der Waals surface area contributed by atoms with Crippen molar-refractivity contribution in [3.63, 3.8) is 0 Å². The van der Waals surface area contributed by atoms with E-state index in [9.17, 15) is 4.79 Å². The fourth-order valence-corrected chi connectivity index (χ4v) is 4.12. The molecule has 22 heavy (non-hydrogen) atoms. The van der Waals surface area contributed by atoms with Gasteiger partial charge in [0.15, 0.2) is 0 Å². The lowest BCUT2D eigenvalue weighted by molar-refractivity contribution is -0.118. The molecule has 0 spiro atoms. The molecule has 6 nitrogen and oxygen atoms in total. The van der Waals surface area contributed by atoms with Crippen molar-refractivity contribution in [2.45, 2.75) is 25.4 Å². The van der Waals surface area contributed by atoms with Crippen molar-refractivity contribution in [1.82, 2.24) is 4.98 Å². The number of aromatic nitrogens is 1. The van der Waals surface area contributed by atoms with Crippen LogP contribution < -0.4 is 16.4 Å². The number of carbonyl (C=O) groups excluding carboxylic acids is 1. The molecule has 118 valence electrons. The Labute approximate surface area is 134 Å². The fourth-order valence-electron chi connectivity index (χ4n) is 2.88. The molecule has 3 rings (SSSR count). The van der Waals surface area contributed by atoms with Gasteiger partial charge in [-0.1, -0.05) is 0 Å². The SMILES string of the molecule is NCc1ccnc(N2CCC(C3=NC(C(N)=O)CS3)CC2)c1. The standard InChI is InChI=1S/C15H21N5OS/c16-8-10-1-4-18-13(7-10)20-5-2-11(3-6-20)15-19-12(9-22-15)14(17)21/h1,4,7,11-12H,2-3,5-6,8-9,16H2,(H2,17,21). The minimum Gasteiger partial charge on any atom is -0.368 e. The average Bonchev–Trinajstić information content (AvgIpc) is 3.05. The molecule has 0 bridgehead atoms. The Balaban J connectivity index is 1.61. The third-order valence-corrected chi connectivity index (χ3v) is 5.43. The first-order valence-electron chi connectivity index (χ1n) is 7.57. The third-order valence-electron chi connectivity index (χ3n) is 4.21. The van der Waals surface area contributed by atoms with Crippen molar-refractivity contribution in [1.29, 1.82) is 0 Å². The largest absolute Gasteiger partial charge is 0.368 e. The first-order valence-corrected chi connectivity index (χ1v) is 8.55. The van der Waals surface area contributed by atoms with Gasteiger partial charge < -0.3 is 16.4 Å². The van der Waals surface area contributed by atoms with Crippen LogP contribution in [0.3, 0.4) is 0 Å². The number of amides is 1. The van der Waals surface area contributed by atoms with E-state index in [0.717, 1.165) is 42.4 Å². The summed E-state index contributed by atoms with van der Waals surface area (Å²) < 4.78 is 0. The number of piperidine rings is 1. The van der Waals surface area contributed by atoms with Gasteiger partial charge in [-0.05, 0) is 30.5 Å². The highest BCUT2D eigenvalue weighted by Crippen LogP contribution is 2.31.